The first-order chi connectivity index (χ1) is 10.9. The standard InChI is InChI=1S/C18H16S4/c1(3-5-7-9-11-17-19-13-14-20-17)2-4-6-8-10-12-18-21-15-16-22-18/h1-16H/b2-1+,5-3+,6-4+,9-7+,10-8+. The van der Waals surface area contributed by atoms with Crippen LogP contribution in [0, 0.1) is 0 Å². The Morgan fingerprint density at radius 3 is 1.00 bits per heavy atom. The van der Waals surface area contributed by atoms with Crippen LogP contribution in [0.4, 0.5) is 0 Å². The van der Waals surface area contributed by atoms with E-state index < -0.39 is 0 Å². The predicted molar refractivity (Wildman–Crippen MR) is 111 cm³/mol. The molecule has 0 aromatic rings. The molecule has 0 fully saturated rings. The SMILES string of the molecule is C1=CSC(=C/C=C/C=C/C=C/C=C/C=C/C=C2SC=CS2)S1. The van der Waals surface area contributed by atoms with E-state index in [-0.39, 0.29) is 0 Å². The molecule has 0 aromatic carbocycles. The van der Waals surface area contributed by atoms with Gasteiger partial charge in [0.1, 0.15) is 0 Å². The highest BCUT2D eigenvalue weighted by Gasteiger charge is 1.98. The van der Waals surface area contributed by atoms with Crippen molar-refractivity contribution in [2.75, 3.05) is 0 Å². The Kier molecular flexibility index (Phi) is 9.19. The summed E-state index contributed by atoms with van der Waals surface area (Å²) in [5, 5.41) is 8.40. The van der Waals surface area contributed by atoms with Gasteiger partial charge in [-0.2, -0.15) is 0 Å². The van der Waals surface area contributed by atoms with Gasteiger partial charge in [0.15, 0.2) is 0 Å². The zero-order valence-electron chi connectivity index (χ0n) is 11.9. The largest absolute Gasteiger partial charge is 0.0902 e. The normalized spacial score (nSPS) is 18.5. The lowest BCUT2D eigenvalue weighted by molar-refractivity contribution is 1.84. The zero-order chi connectivity index (χ0) is 15.3. The smallest absolute Gasteiger partial charge is 0.0487 e. The van der Waals surface area contributed by atoms with Crippen LogP contribution in [0.2, 0.25) is 0 Å². The molecule has 0 N–H and O–H groups in total. The molecule has 4 heteroatoms. The zero-order valence-corrected chi connectivity index (χ0v) is 15.1. The van der Waals surface area contributed by atoms with E-state index in [0.717, 1.165) is 0 Å². The van der Waals surface area contributed by atoms with Gasteiger partial charge in [-0.05, 0) is 33.8 Å². The Labute approximate surface area is 149 Å². The highest BCUT2D eigenvalue weighted by atomic mass is 32.2. The van der Waals surface area contributed by atoms with Gasteiger partial charge in [0.25, 0.3) is 0 Å². The third-order valence-corrected chi connectivity index (χ3v) is 6.37. The summed E-state index contributed by atoms with van der Waals surface area (Å²) in [6.07, 6.45) is 24.6. The van der Waals surface area contributed by atoms with Gasteiger partial charge in [0, 0.05) is 8.47 Å². The van der Waals surface area contributed by atoms with E-state index in [1.165, 1.54) is 8.47 Å². The Morgan fingerprint density at radius 2 is 0.682 bits per heavy atom. The fraction of sp³-hybridized carbons (Fsp3) is 0. The lowest BCUT2D eigenvalue weighted by Gasteiger charge is -1.87. The molecule has 0 spiro atoms. The van der Waals surface area contributed by atoms with Crippen molar-refractivity contribution in [3.8, 4) is 0 Å². The van der Waals surface area contributed by atoms with E-state index in [4.69, 9.17) is 0 Å². The molecular formula is C18H16S4. The van der Waals surface area contributed by atoms with Gasteiger partial charge in [-0.25, -0.2) is 0 Å². The van der Waals surface area contributed by atoms with Crippen molar-refractivity contribution in [2.45, 2.75) is 0 Å². The van der Waals surface area contributed by atoms with Crippen molar-refractivity contribution in [1.82, 2.24) is 0 Å². The summed E-state index contributed by atoms with van der Waals surface area (Å²) in [6, 6.07) is 0. The van der Waals surface area contributed by atoms with E-state index >= 15 is 0 Å². The highest BCUT2D eigenvalue weighted by molar-refractivity contribution is 8.27. The van der Waals surface area contributed by atoms with Crippen molar-refractivity contribution >= 4 is 47.0 Å². The van der Waals surface area contributed by atoms with Gasteiger partial charge in [0.05, 0.1) is 0 Å². The second-order valence-corrected chi connectivity index (χ2v) is 8.22. The van der Waals surface area contributed by atoms with Crippen LogP contribution in [0.1, 0.15) is 0 Å². The second kappa shape index (κ2) is 11.6. The number of rotatable bonds is 6. The maximum Gasteiger partial charge on any atom is 0.0487 e. The summed E-state index contributed by atoms with van der Waals surface area (Å²) >= 11 is 7.04. The molecule has 0 aliphatic carbocycles. The van der Waals surface area contributed by atoms with Crippen LogP contribution < -0.4 is 0 Å². The molecule has 2 aliphatic heterocycles. The van der Waals surface area contributed by atoms with Crippen molar-refractivity contribution < 1.29 is 0 Å². The molecule has 0 radical (unpaired) electrons. The maximum atomic E-state index is 2.12. The second-order valence-electron chi connectivity index (χ2n) is 3.91. The van der Waals surface area contributed by atoms with Gasteiger partial charge < -0.3 is 0 Å². The molecule has 0 atom stereocenters. The van der Waals surface area contributed by atoms with Gasteiger partial charge in [0.2, 0.25) is 0 Å². The molecule has 2 aliphatic rings. The first kappa shape index (κ1) is 17.4. The quantitative estimate of drug-likeness (QED) is 0.454. The van der Waals surface area contributed by atoms with Crippen molar-refractivity contribution in [3.63, 3.8) is 0 Å². The summed E-state index contributed by atoms with van der Waals surface area (Å²) in [7, 11) is 0. The molecule has 0 bridgehead atoms. The Bertz CT molecular complexity index is 537. The van der Waals surface area contributed by atoms with E-state index in [2.05, 4.69) is 45.9 Å². The van der Waals surface area contributed by atoms with Crippen LogP contribution in [0.5, 0.6) is 0 Å². The molecule has 0 nitrogen and oxygen atoms in total. The van der Waals surface area contributed by atoms with Crippen LogP contribution >= 0.6 is 47.0 Å². The maximum absolute atomic E-state index is 2.12. The minimum absolute atomic E-state index is 1.31. The first-order valence-electron chi connectivity index (χ1n) is 6.67. The molecule has 2 heterocycles. The lowest BCUT2D eigenvalue weighted by Crippen LogP contribution is -1.57. The summed E-state index contributed by atoms with van der Waals surface area (Å²) < 4.78 is 2.63. The molecule has 22 heavy (non-hydrogen) atoms. The van der Waals surface area contributed by atoms with Crippen LogP contribution in [-0.2, 0) is 0 Å². The fourth-order valence-corrected chi connectivity index (χ4v) is 4.54. The topological polar surface area (TPSA) is 0 Å². The van der Waals surface area contributed by atoms with Crippen LogP contribution in [0.15, 0.2) is 103 Å². The van der Waals surface area contributed by atoms with Gasteiger partial charge in [-0.1, -0.05) is 108 Å². The monoisotopic (exact) mass is 360 g/mol. The minimum atomic E-state index is 1.31. The molecule has 0 amide bonds. The minimum Gasteiger partial charge on any atom is -0.0902 e. The van der Waals surface area contributed by atoms with Gasteiger partial charge in [-0.3, -0.25) is 0 Å². The molecule has 0 aromatic heterocycles. The van der Waals surface area contributed by atoms with E-state index in [9.17, 15) is 0 Å². The number of thioether (sulfide) groups is 4. The van der Waals surface area contributed by atoms with Gasteiger partial charge >= 0.3 is 0 Å². The predicted octanol–water partition coefficient (Wildman–Crippen LogP) is 7.35. The van der Waals surface area contributed by atoms with Crippen molar-refractivity contribution in [3.05, 3.63) is 103 Å². The van der Waals surface area contributed by atoms with E-state index in [1.807, 2.05) is 48.6 Å². The van der Waals surface area contributed by atoms with E-state index in [1.54, 1.807) is 47.0 Å². The molecule has 2 rings (SSSR count). The Hall–Kier alpha value is -0.940. The summed E-state index contributed by atoms with van der Waals surface area (Å²) in [5.74, 6) is 0. The first-order valence-corrected chi connectivity index (χ1v) is 10.2. The van der Waals surface area contributed by atoms with Crippen LogP contribution in [0.3, 0.4) is 0 Å². The lowest BCUT2D eigenvalue weighted by atomic mass is 10.3. The summed E-state index contributed by atoms with van der Waals surface area (Å²) in [4.78, 5) is 0. The third kappa shape index (κ3) is 7.90. The average molecular weight is 361 g/mol. The molecule has 0 unspecified atom stereocenters. The number of allylic oxidation sites excluding steroid dienone is 12. The fourth-order valence-electron chi connectivity index (χ4n) is 1.37. The average Bonchev–Trinajstić information content (AvgIpc) is 3.21. The van der Waals surface area contributed by atoms with Crippen LogP contribution in [-0.4, -0.2) is 0 Å². The van der Waals surface area contributed by atoms with Gasteiger partial charge in [-0.15, -0.1) is 0 Å². The highest BCUT2D eigenvalue weighted by Crippen LogP contribution is 2.37. The molecule has 0 saturated carbocycles. The third-order valence-electron chi connectivity index (χ3n) is 2.31. The molecular weight excluding hydrogens is 344 g/mol. The van der Waals surface area contributed by atoms with Crippen molar-refractivity contribution in [1.29, 1.82) is 0 Å². The van der Waals surface area contributed by atoms with E-state index in [0.29, 0.717) is 0 Å². The van der Waals surface area contributed by atoms with Crippen LogP contribution in [0.25, 0.3) is 0 Å². The molecule has 0 saturated heterocycles. The Balaban J connectivity index is 1.60. The summed E-state index contributed by atoms with van der Waals surface area (Å²) in [5.41, 5.74) is 0. The Morgan fingerprint density at radius 1 is 0.409 bits per heavy atom. The number of hydrogen-bond donors (Lipinski definition) is 0. The number of hydrogen-bond acceptors (Lipinski definition) is 4. The molecule has 112 valence electrons. The summed E-state index contributed by atoms with van der Waals surface area (Å²) in [6.45, 7) is 0. The van der Waals surface area contributed by atoms with Crippen molar-refractivity contribution in [2.24, 2.45) is 0 Å².